The zero-order valence-corrected chi connectivity index (χ0v) is 13.2. The van der Waals surface area contributed by atoms with Crippen LogP contribution < -0.4 is 11.1 Å². The third kappa shape index (κ3) is 5.90. The first-order valence-electron chi connectivity index (χ1n) is 7.51. The van der Waals surface area contributed by atoms with Crippen LogP contribution in [-0.2, 0) is 9.59 Å². The SMILES string of the molecule is CCC(CC)(CN)C(=O)NCC(CC(=O)O)CC(C)C. The summed E-state index contributed by atoms with van der Waals surface area (Å²) in [4.78, 5) is 23.2. The van der Waals surface area contributed by atoms with Crippen LogP contribution in [0.25, 0.3) is 0 Å². The summed E-state index contributed by atoms with van der Waals surface area (Å²) in [5.41, 5.74) is 5.22. The molecule has 1 unspecified atom stereocenters. The van der Waals surface area contributed by atoms with Gasteiger partial charge in [0.25, 0.3) is 0 Å². The molecule has 0 aromatic carbocycles. The number of carbonyl (C=O) groups is 2. The van der Waals surface area contributed by atoms with Gasteiger partial charge in [-0.05, 0) is 31.1 Å². The minimum Gasteiger partial charge on any atom is -0.481 e. The van der Waals surface area contributed by atoms with Crippen LogP contribution in [0.1, 0.15) is 53.4 Å². The number of aliphatic carboxylic acids is 1. The van der Waals surface area contributed by atoms with Crippen molar-refractivity contribution in [2.24, 2.45) is 23.0 Å². The van der Waals surface area contributed by atoms with Crippen molar-refractivity contribution in [2.75, 3.05) is 13.1 Å². The second kappa shape index (κ2) is 8.95. The maximum atomic E-state index is 12.3. The highest BCUT2D eigenvalue weighted by Gasteiger charge is 2.33. The highest BCUT2D eigenvalue weighted by atomic mass is 16.4. The molecule has 0 fully saturated rings. The molecular formula is C15H30N2O3. The van der Waals surface area contributed by atoms with Gasteiger partial charge in [-0.2, -0.15) is 0 Å². The molecular weight excluding hydrogens is 256 g/mol. The molecule has 0 rings (SSSR count). The first kappa shape index (κ1) is 18.9. The van der Waals surface area contributed by atoms with Crippen molar-refractivity contribution in [3.05, 3.63) is 0 Å². The molecule has 5 nitrogen and oxygen atoms in total. The van der Waals surface area contributed by atoms with Crippen molar-refractivity contribution in [3.8, 4) is 0 Å². The molecule has 1 atom stereocenters. The van der Waals surface area contributed by atoms with Gasteiger partial charge in [0.05, 0.1) is 5.41 Å². The van der Waals surface area contributed by atoms with Crippen LogP contribution in [0.3, 0.4) is 0 Å². The van der Waals surface area contributed by atoms with Gasteiger partial charge in [0.15, 0.2) is 0 Å². The van der Waals surface area contributed by atoms with Crippen LogP contribution in [0.15, 0.2) is 0 Å². The monoisotopic (exact) mass is 286 g/mol. The first-order chi connectivity index (χ1) is 9.31. The molecule has 0 aliphatic carbocycles. The highest BCUT2D eigenvalue weighted by Crippen LogP contribution is 2.25. The molecule has 1 amide bonds. The van der Waals surface area contributed by atoms with E-state index in [0.717, 1.165) is 6.42 Å². The summed E-state index contributed by atoms with van der Waals surface area (Å²) in [5.74, 6) is -0.487. The van der Waals surface area contributed by atoms with Crippen molar-refractivity contribution in [2.45, 2.75) is 53.4 Å². The van der Waals surface area contributed by atoms with Crippen LogP contribution in [0.4, 0.5) is 0 Å². The number of hydrogen-bond acceptors (Lipinski definition) is 3. The molecule has 0 aliphatic rings. The van der Waals surface area contributed by atoms with Crippen molar-refractivity contribution in [1.82, 2.24) is 5.32 Å². The molecule has 0 saturated carbocycles. The van der Waals surface area contributed by atoms with E-state index in [1.54, 1.807) is 0 Å². The molecule has 5 heteroatoms. The highest BCUT2D eigenvalue weighted by molar-refractivity contribution is 5.82. The Labute approximate surface area is 122 Å². The Morgan fingerprint density at radius 1 is 1.25 bits per heavy atom. The van der Waals surface area contributed by atoms with E-state index < -0.39 is 11.4 Å². The van der Waals surface area contributed by atoms with Crippen LogP contribution in [0, 0.1) is 17.3 Å². The van der Waals surface area contributed by atoms with E-state index in [4.69, 9.17) is 10.8 Å². The van der Waals surface area contributed by atoms with Gasteiger partial charge in [0.1, 0.15) is 0 Å². The minimum atomic E-state index is -0.819. The molecule has 0 saturated heterocycles. The normalized spacial score (nSPS) is 13.3. The van der Waals surface area contributed by atoms with E-state index in [1.165, 1.54) is 0 Å². The predicted octanol–water partition coefficient (Wildman–Crippen LogP) is 2.00. The lowest BCUT2D eigenvalue weighted by atomic mass is 9.81. The molecule has 20 heavy (non-hydrogen) atoms. The Bertz CT molecular complexity index is 304. The van der Waals surface area contributed by atoms with Crippen LogP contribution >= 0.6 is 0 Å². The Morgan fingerprint density at radius 2 is 1.80 bits per heavy atom. The molecule has 0 radical (unpaired) electrons. The van der Waals surface area contributed by atoms with E-state index in [0.29, 0.717) is 31.8 Å². The first-order valence-corrected chi connectivity index (χ1v) is 7.51. The summed E-state index contributed by atoms with van der Waals surface area (Å²) in [6, 6.07) is 0. The van der Waals surface area contributed by atoms with Gasteiger partial charge >= 0.3 is 5.97 Å². The fraction of sp³-hybridized carbons (Fsp3) is 0.867. The second-order valence-corrected chi connectivity index (χ2v) is 6.00. The molecule has 0 bridgehead atoms. The van der Waals surface area contributed by atoms with E-state index >= 15 is 0 Å². The molecule has 0 aromatic heterocycles. The Kier molecular flexibility index (Phi) is 8.46. The van der Waals surface area contributed by atoms with E-state index in [1.807, 2.05) is 13.8 Å². The fourth-order valence-electron chi connectivity index (χ4n) is 2.53. The summed E-state index contributed by atoms with van der Waals surface area (Å²) in [6.45, 7) is 8.75. The average Bonchev–Trinajstić information content (AvgIpc) is 2.37. The zero-order chi connectivity index (χ0) is 15.8. The lowest BCUT2D eigenvalue weighted by molar-refractivity contribution is -0.139. The number of amides is 1. The van der Waals surface area contributed by atoms with Gasteiger partial charge in [-0.15, -0.1) is 0 Å². The van der Waals surface area contributed by atoms with Gasteiger partial charge in [0, 0.05) is 19.5 Å². The van der Waals surface area contributed by atoms with Crippen LogP contribution in [0.2, 0.25) is 0 Å². The van der Waals surface area contributed by atoms with Gasteiger partial charge in [-0.1, -0.05) is 27.7 Å². The largest absolute Gasteiger partial charge is 0.481 e. The summed E-state index contributed by atoms with van der Waals surface area (Å²) < 4.78 is 0. The topological polar surface area (TPSA) is 92.4 Å². The number of nitrogens with two attached hydrogens (primary N) is 1. The van der Waals surface area contributed by atoms with E-state index in [-0.39, 0.29) is 18.2 Å². The van der Waals surface area contributed by atoms with E-state index in [2.05, 4.69) is 19.2 Å². The summed E-state index contributed by atoms with van der Waals surface area (Å²) in [7, 11) is 0. The Morgan fingerprint density at radius 3 is 2.15 bits per heavy atom. The number of carboxylic acid groups (broad SMARTS) is 1. The number of rotatable bonds is 10. The number of carbonyl (C=O) groups excluding carboxylic acids is 1. The number of carboxylic acids is 1. The quantitative estimate of drug-likeness (QED) is 0.572. The van der Waals surface area contributed by atoms with Crippen LogP contribution in [-0.4, -0.2) is 30.1 Å². The minimum absolute atomic E-state index is 0.0272. The second-order valence-electron chi connectivity index (χ2n) is 6.00. The third-order valence-corrected chi connectivity index (χ3v) is 4.05. The molecule has 0 aliphatic heterocycles. The smallest absolute Gasteiger partial charge is 0.303 e. The third-order valence-electron chi connectivity index (χ3n) is 4.05. The van der Waals surface area contributed by atoms with Crippen molar-refractivity contribution in [1.29, 1.82) is 0 Å². The molecule has 0 spiro atoms. The maximum Gasteiger partial charge on any atom is 0.303 e. The van der Waals surface area contributed by atoms with Crippen molar-refractivity contribution < 1.29 is 14.7 Å². The summed E-state index contributed by atoms with van der Waals surface area (Å²) in [5, 5.41) is 11.8. The maximum absolute atomic E-state index is 12.3. The number of nitrogens with one attached hydrogen (secondary N) is 1. The number of hydrogen-bond donors (Lipinski definition) is 3. The fourth-order valence-corrected chi connectivity index (χ4v) is 2.53. The average molecular weight is 286 g/mol. The predicted molar refractivity (Wildman–Crippen MR) is 80.3 cm³/mol. The van der Waals surface area contributed by atoms with E-state index in [9.17, 15) is 9.59 Å². The molecule has 0 heterocycles. The van der Waals surface area contributed by atoms with Crippen molar-refractivity contribution in [3.63, 3.8) is 0 Å². The standard InChI is InChI=1S/C15H30N2O3/c1-5-15(6-2,10-16)14(20)17-9-12(7-11(3)4)8-13(18)19/h11-12H,5-10,16H2,1-4H3,(H,17,20)(H,18,19). The molecule has 4 N–H and O–H groups in total. The van der Waals surface area contributed by atoms with Gasteiger partial charge in [-0.3, -0.25) is 9.59 Å². The van der Waals surface area contributed by atoms with Crippen LogP contribution in [0.5, 0.6) is 0 Å². The van der Waals surface area contributed by atoms with Crippen molar-refractivity contribution >= 4 is 11.9 Å². The zero-order valence-electron chi connectivity index (χ0n) is 13.2. The molecule has 118 valence electrons. The summed E-state index contributed by atoms with van der Waals surface area (Å²) in [6.07, 6.45) is 2.27. The summed E-state index contributed by atoms with van der Waals surface area (Å²) >= 11 is 0. The van der Waals surface area contributed by atoms with Gasteiger partial charge in [0.2, 0.25) is 5.91 Å². The molecule has 0 aromatic rings. The lowest BCUT2D eigenvalue weighted by Gasteiger charge is -2.29. The van der Waals surface area contributed by atoms with Gasteiger partial charge in [-0.25, -0.2) is 0 Å². The lowest BCUT2D eigenvalue weighted by Crippen LogP contribution is -2.46. The van der Waals surface area contributed by atoms with Gasteiger partial charge < -0.3 is 16.2 Å². The Hall–Kier alpha value is -1.10. The Balaban J connectivity index is 4.59.